The van der Waals surface area contributed by atoms with Gasteiger partial charge in [0.2, 0.25) is 0 Å². The molecule has 348 valence electrons. The highest BCUT2D eigenvalue weighted by Gasteiger charge is 2.50. The minimum absolute atomic E-state index is 0.0248. The Balaban J connectivity index is 1.43. The highest BCUT2D eigenvalue weighted by Crippen LogP contribution is 2.53. The number of anilines is 2. The molecule has 0 bridgehead atoms. The largest absolute Gasteiger partial charge is 0.506 e. The van der Waals surface area contributed by atoms with Crippen LogP contribution in [0.4, 0.5) is 11.4 Å². The number of rotatable bonds is 19. The first-order chi connectivity index (χ1) is 29.9. The average Bonchev–Trinajstić information content (AvgIpc) is 3.74. The number of nitrogens with zero attached hydrogens (tertiary/aromatic N) is 3. The third kappa shape index (κ3) is 9.52. The summed E-state index contributed by atoms with van der Waals surface area (Å²) in [4.78, 5) is 58.9. The fourth-order valence-corrected chi connectivity index (χ4v) is 10.4. The normalized spacial score (nSPS) is 23.7. The quantitative estimate of drug-likeness (QED) is 0.0892. The number of ketones is 1. The molecule has 0 aromatic heterocycles. The predicted octanol–water partition coefficient (Wildman–Crippen LogP) is 3.35. The molecular formula is C41H49N3O17S3. The van der Waals surface area contributed by atoms with E-state index in [4.69, 9.17) is 14.3 Å². The van der Waals surface area contributed by atoms with Crippen LogP contribution in [0.5, 0.6) is 0 Å². The lowest BCUT2D eigenvalue weighted by Crippen LogP contribution is -2.44. The van der Waals surface area contributed by atoms with Crippen molar-refractivity contribution in [1.29, 1.82) is 0 Å². The minimum atomic E-state index is -4.70. The second-order valence-electron chi connectivity index (χ2n) is 16.3. The molecule has 23 heteroatoms. The van der Waals surface area contributed by atoms with Crippen LogP contribution >= 0.6 is 0 Å². The van der Waals surface area contributed by atoms with Gasteiger partial charge in [-0.3, -0.25) is 28.0 Å². The molecule has 2 aromatic rings. The number of hydrogen-bond acceptors (Lipinski definition) is 16. The number of imide groups is 1. The van der Waals surface area contributed by atoms with E-state index in [1.165, 1.54) is 62.8 Å². The van der Waals surface area contributed by atoms with E-state index in [2.05, 4.69) is 0 Å². The van der Waals surface area contributed by atoms with Crippen LogP contribution in [0.3, 0.4) is 0 Å². The molecule has 3 unspecified atom stereocenters. The van der Waals surface area contributed by atoms with Crippen molar-refractivity contribution in [3.05, 3.63) is 82.3 Å². The zero-order chi connectivity index (χ0) is 47.2. The van der Waals surface area contributed by atoms with Gasteiger partial charge in [0, 0.05) is 81.1 Å². The summed E-state index contributed by atoms with van der Waals surface area (Å²) in [5, 5.41) is 12.2. The van der Waals surface area contributed by atoms with Gasteiger partial charge >= 0.3 is 5.97 Å². The summed E-state index contributed by atoms with van der Waals surface area (Å²) in [5.74, 6) is -3.87. The maximum atomic E-state index is 14.3. The van der Waals surface area contributed by atoms with Crippen LogP contribution in [0.15, 0.2) is 80.9 Å². The van der Waals surface area contributed by atoms with Crippen molar-refractivity contribution in [3.8, 4) is 0 Å². The Morgan fingerprint density at radius 1 is 0.812 bits per heavy atom. The third-order valence-corrected chi connectivity index (χ3v) is 14.7. The van der Waals surface area contributed by atoms with Crippen LogP contribution < -0.4 is 9.80 Å². The fraction of sp³-hybridized carbons (Fsp3) is 0.463. The van der Waals surface area contributed by atoms with Gasteiger partial charge in [-0.2, -0.15) is 25.3 Å². The molecule has 0 saturated carbocycles. The van der Waals surface area contributed by atoms with Crippen LogP contribution in [0, 0.1) is 0 Å². The second-order valence-corrected chi connectivity index (χ2v) is 20.7. The zero-order valence-corrected chi connectivity index (χ0v) is 37.8. The summed E-state index contributed by atoms with van der Waals surface area (Å²) in [7, 11) is -10.9. The molecule has 2 amide bonds. The average molecular weight is 952 g/mol. The molecule has 4 N–H and O–H groups in total. The van der Waals surface area contributed by atoms with E-state index in [9.17, 15) is 63.2 Å². The standard InChI is InChI=1S/C41H49N3O17S3/c1-40(14-6-20-62(50,51)52)29-21-25(63(53,54)55)9-11-32(29)43(17-19-60-4)33(40)23-27-38(48)28(39(27)49)24-34-41(2,15-18-59-3)30-22-26(64(56,57)58)8-10-31(30)42(34)16-5-7-37(47)61-44-35(45)12-13-36(44)46/h8-11,21-24,33,48H,5-7,12-20H2,1-4H3,(H,50,51,52)(H,53,54,55)(H,56,57,58)/b27-23+,34-24+. The second kappa shape index (κ2) is 18.1. The van der Waals surface area contributed by atoms with E-state index in [-0.39, 0.29) is 82.4 Å². The highest BCUT2D eigenvalue weighted by atomic mass is 32.2. The van der Waals surface area contributed by atoms with Crippen molar-refractivity contribution < 1.29 is 77.5 Å². The van der Waals surface area contributed by atoms with Crippen molar-refractivity contribution in [3.63, 3.8) is 0 Å². The van der Waals surface area contributed by atoms with E-state index < -0.39 is 92.1 Å². The molecule has 2 aromatic carbocycles. The number of aliphatic hydroxyl groups is 1. The molecule has 20 nitrogen and oxygen atoms in total. The Labute approximate surface area is 370 Å². The first kappa shape index (κ1) is 48.4. The number of hydroxylamine groups is 2. The molecule has 1 aliphatic carbocycles. The fourth-order valence-electron chi connectivity index (χ4n) is 8.84. The first-order valence-corrected chi connectivity index (χ1v) is 24.5. The Morgan fingerprint density at radius 2 is 1.41 bits per heavy atom. The molecule has 1 fully saturated rings. The van der Waals surface area contributed by atoms with Gasteiger partial charge in [-0.25, -0.2) is 4.79 Å². The molecular weight excluding hydrogens is 903 g/mol. The highest BCUT2D eigenvalue weighted by molar-refractivity contribution is 7.86. The number of allylic oxidation sites excluding steroid dienone is 4. The molecule has 64 heavy (non-hydrogen) atoms. The Kier molecular flexibility index (Phi) is 13.7. The van der Waals surface area contributed by atoms with E-state index >= 15 is 0 Å². The van der Waals surface area contributed by atoms with Gasteiger partial charge in [-0.1, -0.05) is 6.92 Å². The van der Waals surface area contributed by atoms with Gasteiger partial charge < -0.3 is 29.2 Å². The minimum Gasteiger partial charge on any atom is -0.506 e. The summed E-state index contributed by atoms with van der Waals surface area (Å²) in [6, 6.07) is 7.00. The molecule has 3 atom stereocenters. The topological polar surface area (TPSA) is 289 Å². The Morgan fingerprint density at radius 3 is 1.97 bits per heavy atom. The number of hydrogen-bond donors (Lipinski definition) is 4. The van der Waals surface area contributed by atoms with Gasteiger partial charge in [-0.05, 0) is 92.3 Å². The van der Waals surface area contributed by atoms with E-state index in [1.54, 1.807) is 23.6 Å². The van der Waals surface area contributed by atoms with Gasteiger partial charge in [0.15, 0.2) is 5.78 Å². The summed E-state index contributed by atoms with van der Waals surface area (Å²) in [6.45, 7) is 3.95. The SMILES string of the molecule is COCCN1c2ccc(S(=O)(=O)O)cc2C(C)(CCCS(=O)(=O)O)C1/C=C1/C(=O)C(/C=C2/N(CCCC(=O)ON3C(=O)CCC3=O)c3ccc(S(=O)(=O)O)cc3C2(C)CCOC)=C1O. The maximum Gasteiger partial charge on any atom is 0.333 e. The van der Waals surface area contributed by atoms with Gasteiger partial charge in [-0.15, -0.1) is 5.06 Å². The molecule has 0 radical (unpaired) electrons. The van der Waals surface area contributed by atoms with Crippen molar-refractivity contribution >= 4 is 65.3 Å². The van der Waals surface area contributed by atoms with Crippen molar-refractivity contribution in [1.82, 2.24) is 5.06 Å². The molecule has 0 spiro atoms. The number of Topliss-reactive ketones (excluding diaryl/α,β-unsaturated/α-hetero) is 1. The number of fused-ring (bicyclic) bond motifs is 2. The number of aliphatic hydroxyl groups excluding tert-OH is 1. The van der Waals surface area contributed by atoms with E-state index in [0.717, 1.165) is 0 Å². The lowest BCUT2D eigenvalue weighted by Gasteiger charge is -2.37. The zero-order valence-electron chi connectivity index (χ0n) is 35.3. The maximum absolute atomic E-state index is 14.3. The number of ether oxygens (including phenoxy) is 2. The third-order valence-electron chi connectivity index (χ3n) is 12.2. The molecule has 6 rings (SSSR count). The monoisotopic (exact) mass is 951 g/mol. The van der Waals surface area contributed by atoms with Gasteiger partial charge in [0.05, 0.1) is 39.3 Å². The van der Waals surface area contributed by atoms with Crippen molar-refractivity contribution in [2.24, 2.45) is 0 Å². The summed E-state index contributed by atoms with van der Waals surface area (Å²) < 4.78 is 113. The van der Waals surface area contributed by atoms with Gasteiger partial charge in [0.1, 0.15) is 5.76 Å². The Bertz CT molecular complexity index is 2700. The summed E-state index contributed by atoms with van der Waals surface area (Å²) in [6.07, 6.45) is 2.65. The van der Waals surface area contributed by atoms with Crippen molar-refractivity contribution in [2.45, 2.75) is 85.5 Å². The number of carbonyl (C=O) groups is 4. The van der Waals surface area contributed by atoms with Crippen LogP contribution in [0.25, 0.3) is 0 Å². The smallest absolute Gasteiger partial charge is 0.333 e. The molecule has 3 aliphatic heterocycles. The lowest BCUT2D eigenvalue weighted by molar-refractivity contribution is -0.197. The van der Waals surface area contributed by atoms with E-state index in [0.29, 0.717) is 33.3 Å². The van der Waals surface area contributed by atoms with Gasteiger partial charge in [0.25, 0.3) is 42.2 Å². The molecule has 1 saturated heterocycles. The summed E-state index contributed by atoms with van der Waals surface area (Å²) >= 11 is 0. The lowest BCUT2D eigenvalue weighted by atomic mass is 9.72. The number of amides is 2. The Hall–Kier alpha value is -5.01. The number of methoxy groups -OCH3 is 2. The molecule has 4 aliphatic rings. The number of carbonyl (C=O) groups excluding carboxylic acids is 4. The van der Waals surface area contributed by atoms with Crippen LogP contribution in [-0.2, 0) is 74.7 Å². The number of benzene rings is 2. The molecule has 3 heterocycles. The van der Waals surface area contributed by atoms with Crippen LogP contribution in [0.1, 0.15) is 69.9 Å². The summed E-state index contributed by atoms with van der Waals surface area (Å²) in [5.41, 5.74) is -0.509. The van der Waals surface area contributed by atoms with E-state index in [1.807, 2.05) is 0 Å². The predicted molar refractivity (Wildman–Crippen MR) is 227 cm³/mol. The van der Waals surface area contributed by atoms with Crippen molar-refractivity contribution in [2.75, 3.05) is 56.1 Å². The van der Waals surface area contributed by atoms with Crippen LogP contribution in [-0.4, -0.2) is 125 Å². The first-order valence-electron chi connectivity index (χ1n) is 20.1. The van der Waals surface area contributed by atoms with Crippen LogP contribution in [0.2, 0.25) is 0 Å².